The van der Waals surface area contributed by atoms with Crippen molar-refractivity contribution in [2.24, 2.45) is 0 Å². The molecule has 0 saturated carbocycles. The zero-order chi connectivity index (χ0) is 23.1. The lowest BCUT2D eigenvalue weighted by Crippen LogP contribution is -2.26. The number of alkyl halides is 3. The number of rotatable bonds is 5. The maximum absolute atomic E-state index is 14.4. The second-order valence-electron chi connectivity index (χ2n) is 5.90. The fourth-order valence-electron chi connectivity index (χ4n) is 2.61. The van der Waals surface area contributed by atoms with Crippen molar-refractivity contribution >= 4 is 13.2 Å². The summed E-state index contributed by atoms with van der Waals surface area (Å²) in [5, 5.41) is -2.04. The van der Waals surface area contributed by atoms with E-state index in [4.69, 9.17) is 0 Å². The molecule has 30 heavy (non-hydrogen) atoms. The number of hydrogen-bond donors (Lipinski definition) is 0. The average molecular weight is 472 g/mol. The van der Waals surface area contributed by atoms with Crippen LogP contribution in [0.15, 0.2) is 0 Å². The molecule has 1 unspecified atom stereocenters. The van der Waals surface area contributed by atoms with Crippen LogP contribution in [0, 0.1) is 52.4 Å². The van der Waals surface area contributed by atoms with Crippen LogP contribution in [0.3, 0.4) is 0 Å². The van der Waals surface area contributed by atoms with E-state index in [0.29, 0.717) is 0 Å². The number of unbranched alkanes of at least 4 members (excludes halogenated alkanes) is 1. The Hall–Kier alpha value is -1.97. The average Bonchev–Trinajstić information content (AvgIpc) is 2.68. The highest BCUT2D eigenvalue weighted by Crippen LogP contribution is 2.55. The molecule has 1 atom stereocenters. The van der Waals surface area contributed by atoms with Gasteiger partial charge in [-0.3, -0.25) is 0 Å². The molecule has 0 amide bonds. The molecule has 13 heteroatoms. The second-order valence-corrected chi connectivity index (χ2v) is 8.16. The van der Waals surface area contributed by atoms with Gasteiger partial charge in [-0.2, -0.15) is 13.2 Å². The van der Waals surface area contributed by atoms with Crippen LogP contribution < -0.4 is 5.30 Å². The topological polar surface area (TPSA) is 0 Å². The van der Waals surface area contributed by atoms with Gasteiger partial charge in [0.05, 0.1) is 5.56 Å². The maximum Gasteiger partial charge on any atom is 0.409 e. The Morgan fingerprint density at radius 1 is 0.567 bits per heavy atom. The van der Waals surface area contributed by atoms with Gasteiger partial charge >= 0.3 is 5.92 Å². The normalized spacial score (nSPS) is 13.1. The predicted octanol–water partition coefficient (Wildman–Crippen LogP) is 7.03. The molecule has 2 aromatic rings. The van der Waals surface area contributed by atoms with Crippen molar-refractivity contribution in [3.8, 4) is 11.1 Å². The third-order valence-electron chi connectivity index (χ3n) is 4.01. The lowest BCUT2D eigenvalue weighted by atomic mass is 10.0. The van der Waals surface area contributed by atoms with Gasteiger partial charge < -0.3 is 0 Å². The highest BCUT2D eigenvalue weighted by molar-refractivity contribution is 7.66. The van der Waals surface area contributed by atoms with Crippen LogP contribution in [0.1, 0.15) is 19.8 Å². The van der Waals surface area contributed by atoms with Crippen molar-refractivity contribution in [3.63, 3.8) is 0 Å². The number of hydrogen-bond acceptors (Lipinski definition) is 0. The second kappa shape index (κ2) is 8.64. The van der Waals surface area contributed by atoms with Crippen LogP contribution in [-0.2, 0) is 0 Å². The first-order valence-corrected chi connectivity index (χ1v) is 9.52. The molecule has 0 fully saturated rings. The van der Waals surface area contributed by atoms with E-state index in [-0.39, 0.29) is 12.8 Å². The minimum atomic E-state index is -5.40. The van der Waals surface area contributed by atoms with E-state index in [9.17, 15) is 52.7 Å². The molecule has 0 radical (unpaired) electrons. The highest BCUT2D eigenvalue weighted by Gasteiger charge is 2.46. The number of benzene rings is 2. The Morgan fingerprint density at radius 3 is 1.33 bits per heavy atom. The molecule has 0 aliphatic heterocycles. The van der Waals surface area contributed by atoms with Gasteiger partial charge in [-0.25, -0.2) is 39.5 Å². The van der Waals surface area contributed by atoms with Crippen molar-refractivity contribution in [2.45, 2.75) is 25.7 Å². The van der Waals surface area contributed by atoms with Crippen molar-refractivity contribution in [2.75, 3.05) is 6.16 Å². The molecule has 0 N–H and O–H groups in total. The lowest BCUT2D eigenvalue weighted by molar-refractivity contribution is -0.0392. The van der Waals surface area contributed by atoms with Crippen LogP contribution in [0.4, 0.5) is 52.7 Å². The summed E-state index contributed by atoms with van der Waals surface area (Å²) in [7, 11) is -3.96. The minimum absolute atomic E-state index is 0.0700. The maximum atomic E-state index is 14.4. The Morgan fingerprint density at radius 2 is 0.933 bits per heavy atom. The van der Waals surface area contributed by atoms with Crippen LogP contribution in [-0.4, -0.2) is 12.1 Å². The first kappa shape index (κ1) is 24.3. The van der Waals surface area contributed by atoms with Gasteiger partial charge in [-0.15, -0.1) is 0 Å². The van der Waals surface area contributed by atoms with Crippen molar-refractivity contribution in [1.82, 2.24) is 0 Å². The van der Waals surface area contributed by atoms with E-state index in [0.717, 1.165) is 0 Å². The van der Waals surface area contributed by atoms with Crippen molar-refractivity contribution < 1.29 is 52.7 Å². The third kappa shape index (κ3) is 3.98. The molecular weight excluding hydrogens is 463 g/mol. The zero-order valence-electron chi connectivity index (χ0n) is 14.6. The van der Waals surface area contributed by atoms with Gasteiger partial charge in [0, 0.05) is 18.8 Å². The van der Waals surface area contributed by atoms with Gasteiger partial charge in [0.15, 0.2) is 46.5 Å². The van der Waals surface area contributed by atoms with E-state index in [1.807, 2.05) is 0 Å². The molecule has 0 saturated heterocycles. The summed E-state index contributed by atoms with van der Waals surface area (Å²) in [6.07, 6.45) is -1.23. The summed E-state index contributed by atoms with van der Waals surface area (Å²) in [6, 6.07) is 0. The summed E-state index contributed by atoms with van der Waals surface area (Å²) < 4.78 is 165. The zero-order valence-corrected chi connectivity index (χ0v) is 15.5. The molecule has 2 rings (SSSR count). The van der Waals surface area contributed by atoms with Crippen LogP contribution in [0.25, 0.3) is 11.1 Å². The number of halogens is 12. The molecular formula is C17H9F12P. The monoisotopic (exact) mass is 472 g/mol. The first-order valence-electron chi connectivity index (χ1n) is 7.99. The van der Waals surface area contributed by atoms with Crippen LogP contribution in [0.5, 0.6) is 0 Å². The van der Waals surface area contributed by atoms with Crippen LogP contribution in [0.2, 0.25) is 0 Å². The molecule has 0 bridgehead atoms. The van der Waals surface area contributed by atoms with Gasteiger partial charge in [-0.1, -0.05) is 13.3 Å². The lowest BCUT2D eigenvalue weighted by Gasteiger charge is -2.25. The van der Waals surface area contributed by atoms with Gasteiger partial charge in [0.2, 0.25) is 5.82 Å². The van der Waals surface area contributed by atoms with E-state index in [1.165, 1.54) is 6.92 Å². The highest BCUT2D eigenvalue weighted by atomic mass is 31.1. The Bertz CT molecular complexity index is 953. The fourth-order valence-corrected chi connectivity index (χ4v) is 4.79. The van der Waals surface area contributed by atoms with E-state index >= 15 is 0 Å². The molecule has 166 valence electrons. The molecule has 0 nitrogen and oxygen atoms in total. The predicted molar refractivity (Wildman–Crippen MR) is 83.9 cm³/mol. The molecule has 0 aliphatic rings. The van der Waals surface area contributed by atoms with Gasteiger partial charge in [-0.05, 0) is 12.6 Å². The Kier molecular flexibility index (Phi) is 7.00. The molecule has 0 aliphatic carbocycles. The summed E-state index contributed by atoms with van der Waals surface area (Å²) in [5.41, 5.74) is -4.54. The smallest absolute Gasteiger partial charge is 0.203 e. The fraction of sp³-hybridized carbons (Fsp3) is 0.294. The van der Waals surface area contributed by atoms with Gasteiger partial charge in [0.1, 0.15) is 0 Å². The standard InChI is InChI=1S/C17H9F12P/c1-2-3-4-30(17(27,28)29)16-6(9(20)12(23)14(25)15(16)26)5-7(18)10(21)13(24)11(22)8(5)19/h2-4H2,1H3. The first-order chi connectivity index (χ1) is 13.8. The molecule has 2 aromatic carbocycles. The Labute approximate surface area is 162 Å². The summed E-state index contributed by atoms with van der Waals surface area (Å²) >= 11 is 0. The summed E-state index contributed by atoms with van der Waals surface area (Å²) in [5.74, 6) is -30.0. The summed E-state index contributed by atoms with van der Waals surface area (Å²) in [4.78, 5) is 0. The molecule has 0 spiro atoms. The minimum Gasteiger partial charge on any atom is -0.203 e. The molecule has 0 aromatic heterocycles. The van der Waals surface area contributed by atoms with E-state index in [2.05, 4.69) is 0 Å². The SMILES string of the molecule is CCCCP(c1c(F)c(F)c(F)c(F)c1-c1c(F)c(F)c(F)c(F)c1F)C(F)(F)F. The van der Waals surface area contributed by atoms with E-state index < -0.39 is 88.8 Å². The quantitative estimate of drug-likeness (QED) is 0.190. The van der Waals surface area contributed by atoms with Crippen LogP contribution >= 0.6 is 7.92 Å². The largest absolute Gasteiger partial charge is 0.409 e. The third-order valence-corrected chi connectivity index (χ3v) is 6.35. The molecule has 0 heterocycles. The Balaban J connectivity index is 3.09. The van der Waals surface area contributed by atoms with Crippen molar-refractivity contribution in [3.05, 3.63) is 52.4 Å². The van der Waals surface area contributed by atoms with Crippen molar-refractivity contribution in [1.29, 1.82) is 0 Å². The van der Waals surface area contributed by atoms with E-state index in [1.54, 1.807) is 0 Å². The van der Waals surface area contributed by atoms with Gasteiger partial charge in [0.25, 0.3) is 0 Å². The summed E-state index contributed by atoms with van der Waals surface area (Å²) in [6.45, 7) is 1.40.